The first kappa shape index (κ1) is 11.9. The minimum atomic E-state index is 0.376. The van der Waals surface area contributed by atoms with Crippen molar-refractivity contribution >= 4 is 0 Å². The van der Waals surface area contributed by atoms with E-state index in [1.807, 2.05) is 0 Å². The van der Waals surface area contributed by atoms with Gasteiger partial charge in [-0.15, -0.1) is 0 Å². The van der Waals surface area contributed by atoms with Crippen LogP contribution < -0.4 is 0 Å². The minimum Gasteiger partial charge on any atom is -0.192 e. The summed E-state index contributed by atoms with van der Waals surface area (Å²) in [5.74, 6) is 0.401. The molecule has 17 heavy (non-hydrogen) atoms. The summed E-state index contributed by atoms with van der Waals surface area (Å²) in [6.45, 7) is 0. The average molecular weight is 226 g/mol. The number of nitrogens with zero attached hydrogens (tertiary/aromatic N) is 2. The number of allylic oxidation sites excluding steroid dienone is 4. The molecule has 0 aromatic rings. The van der Waals surface area contributed by atoms with Crippen LogP contribution in [0.3, 0.4) is 0 Å². The van der Waals surface area contributed by atoms with Crippen LogP contribution >= 0.6 is 0 Å². The van der Waals surface area contributed by atoms with Crippen molar-refractivity contribution in [3.05, 3.63) is 22.8 Å². The number of rotatable bonds is 1. The van der Waals surface area contributed by atoms with Gasteiger partial charge in [-0.1, -0.05) is 18.1 Å². The van der Waals surface area contributed by atoms with Crippen molar-refractivity contribution in [3.63, 3.8) is 0 Å². The van der Waals surface area contributed by atoms with E-state index in [1.165, 1.54) is 31.3 Å². The lowest BCUT2D eigenvalue weighted by Crippen LogP contribution is -2.15. The van der Waals surface area contributed by atoms with E-state index in [0.717, 1.165) is 31.3 Å². The molecule has 0 heterocycles. The van der Waals surface area contributed by atoms with Gasteiger partial charge in [0.2, 0.25) is 0 Å². The SMILES string of the molecule is N#CC(C#N)=C1CCCC[C@H]1C1=CCCCC1. The molecule has 0 N–H and O–H groups in total. The maximum Gasteiger partial charge on any atom is 0.129 e. The third-order valence-corrected chi connectivity index (χ3v) is 3.93. The average Bonchev–Trinajstić information content (AvgIpc) is 2.42. The van der Waals surface area contributed by atoms with Gasteiger partial charge in [0, 0.05) is 5.92 Å². The Kier molecular flexibility index (Phi) is 3.99. The quantitative estimate of drug-likeness (QED) is 0.500. The number of hydrogen-bond donors (Lipinski definition) is 0. The Morgan fingerprint density at radius 1 is 1.06 bits per heavy atom. The summed E-state index contributed by atoms with van der Waals surface area (Å²) >= 11 is 0. The molecule has 2 nitrogen and oxygen atoms in total. The Labute approximate surface area is 103 Å². The third kappa shape index (κ3) is 2.59. The molecule has 1 fully saturated rings. The van der Waals surface area contributed by atoms with Crippen LogP contribution in [-0.2, 0) is 0 Å². The molecule has 0 saturated heterocycles. The smallest absolute Gasteiger partial charge is 0.129 e. The molecule has 0 aromatic heterocycles. The van der Waals surface area contributed by atoms with Crippen LogP contribution in [0.25, 0.3) is 0 Å². The minimum absolute atomic E-state index is 0.376. The van der Waals surface area contributed by atoms with Crippen LogP contribution in [0.4, 0.5) is 0 Å². The molecule has 0 aliphatic heterocycles. The van der Waals surface area contributed by atoms with Crippen molar-refractivity contribution in [2.24, 2.45) is 5.92 Å². The highest BCUT2D eigenvalue weighted by atomic mass is 14.3. The topological polar surface area (TPSA) is 47.6 Å². The monoisotopic (exact) mass is 226 g/mol. The van der Waals surface area contributed by atoms with E-state index in [0.29, 0.717) is 11.5 Å². The molecule has 88 valence electrons. The third-order valence-electron chi connectivity index (χ3n) is 3.93. The molecule has 0 aromatic carbocycles. The molecular weight excluding hydrogens is 208 g/mol. The van der Waals surface area contributed by atoms with Crippen molar-refractivity contribution in [1.29, 1.82) is 10.5 Å². The second-order valence-corrected chi connectivity index (χ2v) is 4.95. The van der Waals surface area contributed by atoms with Gasteiger partial charge in [-0.25, -0.2) is 0 Å². The molecule has 0 bridgehead atoms. The maximum absolute atomic E-state index is 9.04. The second kappa shape index (κ2) is 5.69. The zero-order valence-corrected chi connectivity index (χ0v) is 10.2. The van der Waals surface area contributed by atoms with Gasteiger partial charge < -0.3 is 0 Å². The maximum atomic E-state index is 9.04. The molecule has 1 saturated carbocycles. The zero-order valence-electron chi connectivity index (χ0n) is 10.2. The molecular formula is C15H18N2. The molecule has 0 radical (unpaired) electrons. The van der Waals surface area contributed by atoms with Gasteiger partial charge in [0.1, 0.15) is 17.7 Å². The van der Waals surface area contributed by atoms with Crippen LogP contribution in [0.15, 0.2) is 22.8 Å². The summed E-state index contributed by atoms with van der Waals surface area (Å²) in [5, 5.41) is 18.1. The highest BCUT2D eigenvalue weighted by Gasteiger charge is 2.26. The fourth-order valence-electron chi connectivity index (χ4n) is 3.07. The molecule has 0 unspecified atom stereocenters. The summed E-state index contributed by atoms with van der Waals surface area (Å²) < 4.78 is 0. The van der Waals surface area contributed by atoms with E-state index in [9.17, 15) is 0 Å². The van der Waals surface area contributed by atoms with E-state index >= 15 is 0 Å². The standard InChI is InChI=1S/C15H18N2/c16-10-13(11-17)15-9-5-4-8-14(15)12-6-2-1-3-7-12/h6,14H,1-5,7-9H2/t14-/m0/s1. The Morgan fingerprint density at radius 2 is 1.82 bits per heavy atom. The summed E-state index contributed by atoms with van der Waals surface area (Å²) in [6, 6.07) is 4.16. The highest BCUT2D eigenvalue weighted by molar-refractivity contribution is 5.44. The molecule has 2 aliphatic carbocycles. The first-order valence-electron chi connectivity index (χ1n) is 6.59. The van der Waals surface area contributed by atoms with Crippen molar-refractivity contribution in [2.45, 2.75) is 51.4 Å². The van der Waals surface area contributed by atoms with Gasteiger partial charge in [-0.05, 0) is 50.5 Å². The van der Waals surface area contributed by atoms with Crippen LogP contribution in [0.2, 0.25) is 0 Å². The summed E-state index contributed by atoms with van der Waals surface area (Å²) in [7, 11) is 0. The van der Waals surface area contributed by atoms with E-state index in [4.69, 9.17) is 10.5 Å². The van der Waals surface area contributed by atoms with Gasteiger partial charge in [0.05, 0.1) is 0 Å². The molecule has 2 aliphatic rings. The van der Waals surface area contributed by atoms with Gasteiger partial charge in [0.15, 0.2) is 0 Å². The van der Waals surface area contributed by atoms with Crippen LogP contribution in [-0.4, -0.2) is 0 Å². The zero-order chi connectivity index (χ0) is 12.1. The summed E-state index contributed by atoms with van der Waals surface area (Å²) in [6.07, 6.45) is 11.7. The van der Waals surface area contributed by atoms with Gasteiger partial charge >= 0.3 is 0 Å². The van der Waals surface area contributed by atoms with Crippen LogP contribution in [0, 0.1) is 28.6 Å². The first-order valence-corrected chi connectivity index (χ1v) is 6.59. The van der Waals surface area contributed by atoms with Gasteiger partial charge in [-0.3, -0.25) is 0 Å². The molecule has 0 spiro atoms. The Morgan fingerprint density at radius 3 is 2.47 bits per heavy atom. The number of nitriles is 2. The fraction of sp³-hybridized carbons (Fsp3) is 0.600. The van der Waals surface area contributed by atoms with E-state index in [2.05, 4.69) is 18.2 Å². The molecule has 1 atom stereocenters. The van der Waals surface area contributed by atoms with E-state index in [-0.39, 0.29) is 0 Å². The Hall–Kier alpha value is -1.54. The van der Waals surface area contributed by atoms with Crippen LogP contribution in [0.1, 0.15) is 51.4 Å². The predicted molar refractivity (Wildman–Crippen MR) is 66.8 cm³/mol. The lowest BCUT2D eigenvalue weighted by Gasteiger charge is -2.29. The first-order chi connectivity index (χ1) is 8.36. The Balaban J connectivity index is 2.30. The van der Waals surface area contributed by atoms with Crippen molar-refractivity contribution in [3.8, 4) is 12.1 Å². The largest absolute Gasteiger partial charge is 0.192 e. The number of hydrogen-bond acceptors (Lipinski definition) is 2. The highest BCUT2D eigenvalue weighted by Crippen LogP contribution is 2.39. The van der Waals surface area contributed by atoms with Crippen molar-refractivity contribution in [2.75, 3.05) is 0 Å². The lowest BCUT2D eigenvalue weighted by molar-refractivity contribution is 0.475. The summed E-state index contributed by atoms with van der Waals surface area (Å²) in [5.41, 5.74) is 2.99. The summed E-state index contributed by atoms with van der Waals surface area (Å²) in [4.78, 5) is 0. The van der Waals surface area contributed by atoms with Gasteiger partial charge in [0.25, 0.3) is 0 Å². The lowest BCUT2D eigenvalue weighted by atomic mass is 9.75. The molecule has 0 amide bonds. The van der Waals surface area contributed by atoms with E-state index in [1.54, 1.807) is 0 Å². The van der Waals surface area contributed by atoms with Gasteiger partial charge in [-0.2, -0.15) is 10.5 Å². The normalized spacial score (nSPS) is 24.5. The second-order valence-electron chi connectivity index (χ2n) is 4.95. The van der Waals surface area contributed by atoms with Crippen molar-refractivity contribution in [1.82, 2.24) is 0 Å². The molecule has 2 heteroatoms. The van der Waals surface area contributed by atoms with E-state index < -0.39 is 0 Å². The molecule has 2 rings (SSSR count). The van der Waals surface area contributed by atoms with Crippen molar-refractivity contribution < 1.29 is 0 Å². The predicted octanol–water partition coefficient (Wildman–Crippen LogP) is 4.02. The fourth-order valence-corrected chi connectivity index (χ4v) is 3.07. The van der Waals surface area contributed by atoms with Crippen LogP contribution in [0.5, 0.6) is 0 Å². The Bertz CT molecular complexity index is 413.